The molecule has 9 heteroatoms. The summed E-state index contributed by atoms with van der Waals surface area (Å²) in [5.74, 6) is -0.144. The minimum atomic E-state index is -2.93. The Bertz CT molecular complexity index is 556. The summed E-state index contributed by atoms with van der Waals surface area (Å²) in [6, 6.07) is 0.635. The number of rotatable bonds is 13. The monoisotopic (exact) mass is 524 g/mol. The average Bonchev–Trinajstić information content (AvgIpc) is 2.46. The highest BCUT2D eigenvalue weighted by molar-refractivity contribution is 7.96. The van der Waals surface area contributed by atoms with E-state index in [4.69, 9.17) is 16.8 Å². The van der Waals surface area contributed by atoms with Crippen LogP contribution in [0.3, 0.4) is 0 Å². The number of esters is 1. The van der Waals surface area contributed by atoms with E-state index >= 15 is 0 Å². The van der Waals surface area contributed by atoms with E-state index in [-0.39, 0.29) is 22.9 Å². The van der Waals surface area contributed by atoms with Crippen LogP contribution in [-0.4, -0.2) is 42.8 Å². The fraction of sp³-hybridized carbons (Fsp3) is 0.957. The van der Waals surface area contributed by atoms with Crippen molar-refractivity contribution >= 4 is 43.5 Å². The highest BCUT2D eigenvalue weighted by Gasteiger charge is 2.48. The van der Waals surface area contributed by atoms with Crippen molar-refractivity contribution in [3.63, 3.8) is 0 Å². The minimum absolute atomic E-state index is 0.0958. The smallest absolute Gasteiger partial charge is 0.462 e. The van der Waals surface area contributed by atoms with Gasteiger partial charge in [-0.15, -0.1) is 0 Å². The van der Waals surface area contributed by atoms with Gasteiger partial charge in [-0.1, -0.05) is 55.4 Å². The second-order valence-corrected chi connectivity index (χ2v) is 27.1. The van der Waals surface area contributed by atoms with Gasteiger partial charge in [0.05, 0.1) is 0 Å². The van der Waals surface area contributed by atoms with Gasteiger partial charge in [0.1, 0.15) is 6.10 Å². The molecule has 5 nitrogen and oxygen atoms in total. The molecule has 0 aromatic carbocycles. The first-order valence-electron chi connectivity index (χ1n) is 12.0. The van der Waals surface area contributed by atoms with Crippen LogP contribution in [-0.2, 0) is 21.6 Å². The fourth-order valence-electron chi connectivity index (χ4n) is 3.05. The van der Waals surface area contributed by atoms with E-state index < -0.39 is 25.4 Å². The molecule has 0 radical (unpaired) electrons. The van der Waals surface area contributed by atoms with Gasteiger partial charge in [0.15, 0.2) is 16.6 Å². The van der Waals surface area contributed by atoms with Crippen molar-refractivity contribution in [2.24, 2.45) is 10.8 Å². The molecule has 0 amide bonds. The van der Waals surface area contributed by atoms with Gasteiger partial charge in [0, 0.05) is 17.7 Å². The lowest BCUT2D eigenvalue weighted by atomic mass is 9.78. The SMILES string of the molecule is CC(C)SO[Si](CCCC(=O)OC(CC(C)(C)C)C(C)(C)C)(O[Si](C)(C)C)O[Si](C)(C)C. The fourth-order valence-corrected chi connectivity index (χ4v) is 15.1. The van der Waals surface area contributed by atoms with E-state index in [2.05, 4.69) is 94.7 Å². The third kappa shape index (κ3) is 16.1. The van der Waals surface area contributed by atoms with E-state index in [0.717, 1.165) is 6.42 Å². The highest BCUT2D eigenvalue weighted by atomic mass is 32.2. The third-order valence-corrected chi connectivity index (χ3v) is 14.3. The molecule has 0 aliphatic carbocycles. The molecule has 0 rings (SSSR count). The van der Waals surface area contributed by atoms with Crippen molar-refractivity contribution in [2.75, 3.05) is 0 Å². The van der Waals surface area contributed by atoms with Crippen molar-refractivity contribution in [1.82, 2.24) is 0 Å². The van der Waals surface area contributed by atoms with Crippen LogP contribution in [0.5, 0.6) is 0 Å². The molecule has 0 aliphatic rings. The molecule has 0 aliphatic heterocycles. The molecule has 0 N–H and O–H groups in total. The van der Waals surface area contributed by atoms with E-state index in [9.17, 15) is 4.79 Å². The largest absolute Gasteiger partial charge is 0.491 e. The van der Waals surface area contributed by atoms with E-state index in [0.29, 0.717) is 24.1 Å². The average molecular weight is 525 g/mol. The summed E-state index contributed by atoms with van der Waals surface area (Å²) in [6.07, 6.45) is 1.73. The van der Waals surface area contributed by atoms with Gasteiger partial charge in [-0.3, -0.25) is 4.79 Å². The summed E-state index contributed by atoms with van der Waals surface area (Å²) in [5, 5.41) is 0.312. The molecular formula is C23H52O5SSi3. The van der Waals surface area contributed by atoms with Crippen LogP contribution < -0.4 is 0 Å². The lowest BCUT2D eigenvalue weighted by molar-refractivity contribution is -0.156. The molecule has 1 unspecified atom stereocenters. The lowest BCUT2D eigenvalue weighted by Gasteiger charge is -2.39. The van der Waals surface area contributed by atoms with Gasteiger partial charge < -0.3 is 16.8 Å². The number of carbonyl (C=O) groups excluding carboxylic acids is 1. The van der Waals surface area contributed by atoms with E-state index in [1.807, 2.05) is 0 Å². The summed E-state index contributed by atoms with van der Waals surface area (Å²) < 4.78 is 25.6. The zero-order valence-corrected chi connectivity index (χ0v) is 27.2. The third-order valence-electron chi connectivity index (χ3n) is 4.19. The molecule has 1 atom stereocenters. The molecule has 0 aromatic rings. The Hall–Kier alpha value is 0.351. The number of ether oxygens (including phenoxy) is 1. The second kappa shape index (κ2) is 12.4. The minimum Gasteiger partial charge on any atom is -0.462 e. The normalized spacial score (nSPS) is 15.2. The molecule has 0 spiro atoms. The highest BCUT2D eigenvalue weighted by Crippen LogP contribution is 2.34. The van der Waals surface area contributed by atoms with Crippen LogP contribution in [0.25, 0.3) is 0 Å². The quantitative estimate of drug-likeness (QED) is 0.139. The van der Waals surface area contributed by atoms with E-state index in [1.54, 1.807) is 0 Å². The summed E-state index contributed by atoms with van der Waals surface area (Å²) in [4.78, 5) is 12.8. The van der Waals surface area contributed by atoms with Gasteiger partial charge >= 0.3 is 14.8 Å². The molecule has 0 saturated heterocycles. The Kier molecular flexibility index (Phi) is 12.5. The van der Waals surface area contributed by atoms with Crippen LogP contribution in [0.2, 0.25) is 45.3 Å². The second-order valence-electron chi connectivity index (χ2n) is 13.3. The van der Waals surface area contributed by atoms with Crippen molar-refractivity contribution in [1.29, 1.82) is 0 Å². The molecular weight excluding hydrogens is 473 g/mol. The molecule has 32 heavy (non-hydrogen) atoms. The number of hydrogen-bond donors (Lipinski definition) is 0. The predicted molar refractivity (Wildman–Crippen MR) is 146 cm³/mol. The van der Waals surface area contributed by atoms with Crippen LogP contribution >= 0.6 is 12.0 Å². The van der Waals surface area contributed by atoms with Crippen LogP contribution in [0, 0.1) is 10.8 Å². The maximum Gasteiger partial charge on any atom is 0.491 e. The molecule has 0 saturated carbocycles. The molecule has 0 bridgehead atoms. The van der Waals surface area contributed by atoms with Crippen LogP contribution in [0.15, 0.2) is 0 Å². The van der Waals surface area contributed by atoms with Crippen molar-refractivity contribution in [2.45, 2.75) is 131 Å². The van der Waals surface area contributed by atoms with Gasteiger partial charge in [-0.2, -0.15) is 0 Å². The standard InChI is InChI=1S/C23H52O5SSi3/c1-19(2)29-26-32(27-30(9,10)11,28-31(12,13)14)17-15-16-21(24)25-20(23(6,7)8)18-22(3,4)5/h19-20H,15-18H2,1-14H3. The first-order chi connectivity index (χ1) is 14.0. The summed E-state index contributed by atoms with van der Waals surface area (Å²) >= 11 is 1.44. The van der Waals surface area contributed by atoms with Crippen molar-refractivity contribution < 1.29 is 21.6 Å². The van der Waals surface area contributed by atoms with Crippen molar-refractivity contribution in [3.8, 4) is 0 Å². The Morgan fingerprint density at radius 3 is 1.69 bits per heavy atom. The molecule has 0 fully saturated rings. The number of carbonyl (C=O) groups is 1. The van der Waals surface area contributed by atoms with Crippen molar-refractivity contribution in [3.05, 3.63) is 0 Å². The molecule has 0 heterocycles. The van der Waals surface area contributed by atoms with Crippen LogP contribution in [0.1, 0.15) is 74.7 Å². The maximum atomic E-state index is 12.8. The summed E-state index contributed by atoms with van der Waals surface area (Å²) in [7, 11) is -6.76. The van der Waals surface area contributed by atoms with Gasteiger partial charge in [-0.05, 0) is 75.0 Å². The topological polar surface area (TPSA) is 54.0 Å². The first-order valence-corrected chi connectivity index (χ1v) is 21.5. The van der Waals surface area contributed by atoms with Gasteiger partial charge in [0.25, 0.3) is 0 Å². The first kappa shape index (κ1) is 32.4. The zero-order chi connectivity index (χ0) is 25.6. The lowest BCUT2D eigenvalue weighted by Crippen LogP contribution is -2.56. The Labute approximate surface area is 206 Å². The van der Waals surface area contributed by atoms with Crippen LogP contribution in [0.4, 0.5) is 0 Å². The number of hydrogen-bond acceptors (Lipinski definition) is 6. The summed E-state index contributed by atoms with van der Waals surface area (Å²) in [5.41, 5.74) is -0.00108. The summed E-state index contributed by atoms with van der Waals surface area (Å²) in [6.45, 7) is 30.2. The zero-order valence-electron chi connectivity index (χ0n) is 23.4. The van der Waals surface area contributed by atoms with Gasteiger partial charge in [-0.25, -0.2) is 0 Å². The van der Waals surface area contributed by atoms with E-state index in [1.165, 1.54) is 12.0 Å². The predicted octanol–water partition coefficient (Wildman–Crippen LogP) is 7.88. The molecule has 192 valence electrons. The Balaban J connectivity index is 5.38. The Morgan fingerprint density at radius 2 is 1.34 bits per heavy atom. The van der Waals surface area contributed by atoms with Gasteiger partial charge in [0.2, 0.25) is 0 Å². The molecule has 0 aromatic heterocycles. The Morgan fingerprint density at radius 1 is 0.875 bits per heavy atom. The maximum absolute atomic E-state index is 12.8.